The van der Waals surface area contributed by atoms with Gasteiger partial charge < -0.3 is 10.6 Å². The molecule has 0 aromatic rings. The van der Waals surface area contributed by atoms with Crippen molar-refractivity contribution in [1.29, 1.82) is 0 Å². The van der Waals surface area contributed by atoms with E-state index in [1.54, 1.807) is 0 Å². The summed E-state index contributed by atoms with van der Waals surface area (Å²) < 4.78 is 0. The first-order valence-electron chi connectivity index (χ1n) is 4.51. The fourth-order valence-electron chi connectivity index (χ4n) is 0.962. The molecule has 0 unspecified atom stereocenters. The Bertz CT molecular complexity index is 152. The van der Waals surface area contributed by atoms with Crippen LogP contribution in [0.15, 0.2) is 4.99 Å². The number of nitrogens with zero attached hydrogens (tertiary/aromatic N) is 2. The van der Waals surface area contributed by atoms with Crippen LogP contribution in [0.4, 0.5) is 0 Å². The van der Waals surface area contributed by atoms with Crippen LogP contribution >= 0.6 is 0 Å². The Kier molecular flexibility index (Phi) is 4.07. The highest BCUT2D eigenvalue weighted by molar-refractivity contribution is 5.78. The topological polar surface area (TPSA) is 41.6 Å². The number of hydrogen-bond acceptors (Lipinski definition) is 1. The molecule has 0 rings (SSSR count). The van der Waals surface area contributed by atoms with Gasteiger partial charge in [0.1, 0.15) is 0 Å². The summed E-state index contributed by atoms with van der Waals surface area (Å²) in [5.41, 5.74) is 5.72. The van der Waals surface area contributed by atoms with Crippen molar-refractivity contribution in [3.05, 3.63) is 0 Å². The van der Waals surface area contributed by atoms with Crippen LogP contribution in [-0.4, -0.2) is 29.5 Å². The molecule has 3 nitrogen and oxygen atoms in total. The summed E-state index contributed by atoms with van der Waals surface area (Å²) in [6.07, 6.45) is 0. The molecular formula is C9H21N3. The average molecular weight is 171 g/mol. The van der Waals surface area contributed by atoms with Gasteiger partial charge in [-0.05, 0) is 34.6 Å². The smallest absolute Gasteiger partial charge is 0.191 e. The van der Waals surface area contributed by atoms with Crippen molar-refractivity contribution < 1.29 is 0 Å². The summed E-state index contributed by atoms with van der Waals surface area (Å²) in [5.74, 6) is 0.646. The summed E-state index contributed by atoms with van der Waals surface area (Å²) >= 11 is 0. The molecule has 0 aromatic carbocycles. The van der Waals surface area contributed by atoms with E-state index in [2.05, 4.69) is 18.8 Å². The van der Waals surface area contributed by atoms with Crippen molar-refractivity contribution in [2.45, 2.75) is 40.2 Å². The molecule has 0 fully saturated rings. The van der Waals surface area contributed by atoms with Crippen molar-refractivity contribution in [3.8, 4) is 0 Å². The maximum atomic E-state index is 5.80. The molecule has 3 heteroatoms. The molecule has 0 aliphatic rings. The van der Waals surface area contributed by atoms with Gasteiger partial charge in [0.2, 0.25) is 0 Å². The Labute approximate surface area is 75.7 Å². The highest BCUT2D eigenvalue weighted by atomic mass is 15.2. The molecule has 12 heavy (non-hydrogen) atoms. The molecule has 0 aliphatic carbocycles. The molecule has 0 atom stereocenters. The average Bonchev–Trinajstić information content (AvgIpc) is 1.85. The molecule has 0 heterocycles. The second-order valence-corrected chi connectivity index (χ2v) is 3.81. The monoisotopic (exact) mass is 171 g/mol. The predicted molar refractivity (Wildman–Crippen MR) is 54.3 cm³/mol. The third kappa shape index (κ3) is 4.21. The first kappa shape index (κ1) is 11.3. The van der Waals surface area contributed by atoms with E-state index in [9.17, 15) is 0 Å². The molecule has 0 spiro atoms. The zero-order chi connectivity index (χ0) is 9.78. The fraction of sp³-hybridized carbons (Fsp3) is 0.889. The van der Waals surface area contributed by atoms with Crippen LogP contribution < -0.4 is 5.73 Å². The molecule has 0 saturated carbocycles. The van der Waals surface area contributed by atoms with E-state index >= 15 is 0 Å². The largest absolute Gasteiger partial charge is 0.370 e. The molecule has 0 aliphatic heterocycles. The van der Waals surface area contributed by atoms with E-state index in [0.29, 0.717) is 5.96 Å². The van der Waals surface area contributed by atoms with Crippen LogP contribution in [0.3, 0.4) is 0 Å². The minimum Gasteiger partial charge on any atom is -0.370 e. The second-order valence-electron chi connectivity index (χ2n) is 3.81. The predicted octanol–water partition coefficient (Wildman–Crippen LogP) is 1.44. The van der Waals surface area contributed by atoms with Crippen molar-refractivity contribution >= 4 is 5.96 Å². The van der Waals surface area contributed by atoms with Crippen LogP contribution in [-0.2, 0) is 0 Å². The summed E-state index contributed by atoms with van der Waals surface area (Å²) in [6.45, 7) is 12.1. The third-order valence-electron chi connectivity index (χ3n) is 1.54. The minimum atomic E-state index is -0.0767. The Morgan fingerprint density at radius 3 is 1.92 bits per heavy atom. The van der Waals surface area contributed by atoms with E-state index in [-0.39, 0.29) is 5.54 Å². The Morgan fingerprint density at radius 2 is 1.67 bits per heavy atom. The Balaban J connectivity index is 4.34. The Morgan fingerprint density at radius 1 is 1.25 bits per heavy atom. The van der Waals surface area contributed by atoms with Gasteiger partial charge in [-0.25, -0.2) is 4.99 Å². The van der Waals surface area contributed by atoms with Gasteiger partial charge in [-0.2, -0.15) is 0 Å². The normalized spacial score (nSPS) is 13.2. The summed E-state index contributed by atoms with van der Waals surface area (Å²) in [5, 5.41) is 0. The van der Waals surface area contributed by atoms with Gasteiger partial charge in [-0.15, -0.1) is 0 Å². The first-order chi connectivity index (χ1) is 5.40. The van der Waals surface area contributed by atoms with Gasteiger partial charge in [0, 0.05) is 13.1 Å². The summed E-state index contributed by atoms with van der Waals surface area (Å²) in [6, 6.07) is 0. The molecule has 72 valence electrons. The third-order valence-corrected chi connectivity index (χ3v) is 1.54. The summed E-state index contributed by atoms with van der Waals surface area (Å²) in [4.78, 5) is 6.42. The van der Waals surface area contributed by atoms with Gasteiger partial charge >= 0.3 is 0 Å². The van der Waals surface area contributed by atoms with Crippen molar-refractivity contribution in [3.63, 3.8) is 0 Å². The lowest BCUT2D eigenvalue weighted by Crippen LogP contribution is -2.38. The SMILES string of the molecule is CCN(CC)C(N)=NC(C)(C)C. The highest BCUT2D eigenvalue weighted by Gasteiger charge is 2.10. The molecule has 0 bridgehead atoms. The fourth-order valence-corrected chi connectivity index (χ4v) is 0.962. The van der Waals surface area contributed by atoms with Crippen LogP contribution in [0.1, 0.15) is 34.6 Å². The molecule has 0 aromatic heterocycles. The minimum absolute atomic E-state index is 0.0767. The van der Waals surface area contributed by atoms with Gasteiger partial charge in [0.25, 0.3) is 0 Å². The van der Waals surface area contributed by atoms with E-state index in [0.717, 1.165) is 13.1 Å². The standard InChI is InChI=1S/C9H21N3/c1-6-12(7-2)8(10)11-9(3,4)5/h6-7H2,1-5H3,(H2,10,11). The van der Waals surface area contributed by atoms with Gasteiger partial charge in [0.05, 0.1) is 5.54 Å². The molecule has 2 N–H and O–H groups in total. The van der Waals surface area contributed by atoms with E-state index in [4.69, 9.17) is 5.73 Å². The van der Waals surface area contributed by atoms with Crippen molar-refractivity contribution in [1.82, 2.24) is 4.90 Å². The zero-order valence-corrected chi connectivity index (χ0v) is 8.89. The van der Waals surface area contributed by atoms with Crippen LogP contribution in [0.2, 0.25) is 0 Å². The van der Waals surface area contributed by atoms with Gasteiger partial charge in [0.15, 0.2) is 5.96 Å². The van der Waals surface area contributed by atoms with E-state index in [1.165, 1.54) is 0 Å². The van der Waals surface area contributed by atoms with Crippen LogP contribution in [0.5, 0.6) is 0 Å². The Hall–Kier alpha value is -0.730. The zero-order valence-electron chi connectivity index (χ0n) is 8.89. The van der Waals surface area contributed by atoms with E-state index in [1.807, 2.05) is 25.7 Å². The highest BCUT2D eigenvalue weighted by Crippen LogP contribution is 2.06. The molecule has 0 radical (unpaired) electrons. The first-order valence-corrected chi connectivity index (χ1v) is 4.51. The molecule has 0 amide bonds. The quantitative estimate of drug-likeness (QED) is 0.504. The lowest BCUT2D eigenvalue weighted by molar-refractivity contribution is 0.446. The van der Waals surface area contributed by atoms with Crippen LogP contribution in [0.25, 0.3) is 0 Å². The van der Waals surface area contributed by atoms with Crippen molar-refractivity contribution in [2.24, 2.45) is 10.7 Å². The second kappa shape index (κ2) is 4.33. The summed E-state index contributed by atoms with van der Waals surface area (Å²) in [7, 11) is 0. The van der Waals surface area contributed by atoms with Gasteiger partial charge in [-0.3, -0.25) is 0 Å². The van der Waals surface area contributed by atoms with Gasteiger partial charge in [-0.1, -0.05) is 0 Å². The number of rotatable bonds is 2. The number of aliphatic imine (C=N–C) groups is 1. The van der Waals surface area contributed by atoms with E-state index < -0.39 is 0 Å². The maximum Gasteiger partial charge on any atom is 0.191 e. The maximum absolute atomic E-state index is 5.80. The van der Waals surface area contributed by atoms with Crippen LogP contribution in [0, 0.1) is 0 Å². The number of hydrogen-bond donors (Lipinski definition) is 1. The van der Waals surface area contributed by atoms with Crippen molar-refractivity contribution in [2.75, 3.05) is 13.1 Å². The molecule has 0 saturated heterocycles. The lowest BCUT2D eigenvalue weighted by atomic mass is 10.1. The number of nitrogens with two attached hydrogens (primary N) is 1. The molecular weight excluding hydrogens is 150 g/mol. The number of guanidine groups is 1. The lowest BCUT2D eigenvalue weighted by Gasteiger charge is -2.23.